The first-order valence-corrected chi connectivity index (χ1v) is 13.7. The van der Waals surface area contributed by atoms with Crippen molar-refractivity contribution in [1.29, 1.82) is 0 Å². The summed E-state index contributed by atoms with van der Waals surface area (Å²) in [5, 5.41) is 16.0. The van der Waals surface area contributed by atoms with E-state index in [1.54, 1.807) is 23.6 Å². The Morgan fingerprint density at radius 1 is 1.20 bits per heavy atom. The molecule has 0 radical (unpaired) electrons. The van der Waals surface area contributed by atoms with Crippen molar-refractivity contribution in [2.24, 2.45) is 11.8 Å². The van der Waals surface area contributed by atoms with Gasteiger partial charge in [-0.05, 0) is 64.3 Å². The molecule has 1 aromatic rings. The molecular weight excluding hydrogens is 464 g/mol. The van der Waals surface area contributed by atoms with E-state index < -0.39 is 28.7 Å². The Kier molecular flexibility index (Phi) is 7.66. The van der Waals surface area contributed by atoms with E-state index >= 15 is 0 Å². The van der Waals surface area contributed by atoms with Gasteiger partial charge in [-0.2, -0.15) is 0 Å². The maximum absolute atomic E-state index is 13.8. The van der Waals surface area contributed by atoms with Gasteiger partial charge in [-0.15, -0.1) is 11.8 Å². The Labute approximate surface area is 212 Å². The van der Waals surface area contributed by atoms with E-state index in [4.69, 9.17) is 0 Å². The van der Waals surface area contributed by atoms with E-state index in [2.05, 4.69) is 29.4 Å². The molecule has 0 aromatic heterocycles. The summed E-state index contributed by atoms with van der Waals surface area (Å²) in [4.78, 5) is 44.4. The monoisotopic (exact) mass is 502 g/mol. The van der Waals surface area contributed by atoms with E-state index in [1.807, 2.05) is 31.2 Å². The van der Waals surface area contributed by atoms with Crippen molar-refractivity contribution in [3.8, 4) is 0 Å². The molecule has 3 aliphatic heterocycles. The number of carbonyl (C=O) groups excluding carboxylic acids is 3. The van der Waals surface area contributed by atoms with E-state index in [9.17, 15) is 19.5 Å². The van der Waals surface area contributed by atoms with Crippen molar-refractivity contribution in [3.05, 3.63) is 24.3 Å². The van der Waals surface area contributed by atoms with Crippen molar-refractivity contribution >= 4 is 40.9 Å². The summed E-state index contributed by atoms with van der Waals surface area (Å²) in [5.74, 6) is -1.51. The molecule has 3 N–H and O–H groups in total. The first kappa shape index (κ1) is 25.8. The number of rotatable bonds is 10. The van der Waals surface area contributed by atoms with E-state index in [-0.39, 0.29) is 29.6 Å². The van der Waals surface area contributed by atoms with Crippen LogP contribution >= 0.6 is 11.8 Å². The van der Waals surface area contributed by atoms with Crippen LogP contribution in [0.25, 0.3) is 0 Å². The van der Waals surface area contributed by atoms with Crippen LogP contribution in [0.15, 0.2) is 24.3 Å². The third-order valence-electron chi connectivity index (χ3n) is 7.84. The lowest BCUT2D eigenvalue weighted by Crippen LogP contribution is -2.54. The third-order valence-corrected chi connectivity index (χ3v) is 9.79. The van der Waals surface area contributed by atoms with Gasteiger partial charge in [0.1, 0.15) is 6.04 Å². The molecule has 4 rings (SSSR count). The maximum atomic E-state index is 13.8. The zero-order chi connectivity index (χ0) is 25.3. The number of aliphatic hydroxyl groups is 1. The fourth-order valence-electron chi connectivity index (χ4n) is 6.17. The fourth-order valence-corrected chi connectivity index (χ4v) is 8.38. The van der Waals surface area contributed by atoms with Crippen molar-refractivity contribution < 1.29 is 19.5 Å². The third kappa shape index (κ3) is 4.31. The van der Waals surface area contributed by atoms with Crippen LogP contribution in [0.3, 0.4) is 0 Å². The minimum absolute atomic E-state index is 0.0380. The number of amides is 3. The minimum atomic E-state index is -0.733. The molecule has 9 heteroatoms. The minimum Gasteiger partial charge on any atom is -0.394 e. The van der Waals surface area contributed by atoms with Gasteiger partial charge in [0.05, 0.1) is 29.2 Å². The van der Waals surface area contributed by atoms with E-state index in [0.29, 0.717) is 18.7 Å². The van der Waals surface area contributed by atoms with Gasteiger partial charge < -0.3 is 25.5 Å². The van der Waals surface area contributed by atoms with Crippen molar-refractivity contribution in [2.75, 3.05) is 36.5 Å². The van der Waals surface area contributed by atoms with Crippen LogP contribution in [0.2, 0.25) is 0 Å². The largest absolute Gasteiger partial charge is 0.394 e. The summed E-state index contributed by atoms with van der Waals surface area (Å²) >= 11 is 1.64. The van der Waals surface area contributed by atoms with Gasteiger partial charge in [0.2, 0.25) is 17.7 Å². The number of nitrogens with zero attached hydrogens (tertiary/aromatic N) is 2. The van der Waals surface area contributed by atoms with Gasteiger partial charge in [0.25, 0.3) is 0 Å². The average molecular weight is 503 g/mol. The first-order chi connectivity index (χ1) is 16.8. The highest BCUT2D eigenvalue weighted by Gasteiger charge is 2.74. The molecule has 3 heterocycles. The number of fused-ring (bicyclic) bond motifs is 1. The molecule has 3 saturated heterocycles. The number of anilines is 2. The van der Waals surface area contributed by atoms with Crippen molar-refractivity contribution in [3.63, 3.8) is 0 Å². The highest BCUT2D eigenvalue weighted by Crippen LogP contribution is 2.66. The van der Waals surface area contributed by atoms with Crippen LogP contribution < -0.4 is 15.5 Å². The second-order valence-electron chi connectivity index (χ2n) is 9.83. The number of likely N-dealkylation sites (tertiary alicyclic amines) is 1. The van der Waals surface area contributed by atoms with Crippen LogP contribution in [0.1, 0.15) is 47.0 Å². The molecule has 35 heavy (non-hydrogen) atoms. The average Bonchev–Trinajstić information content (AvgIpc) is 3.51. The molecule has 6 atom stereocenters. The first-order valence-electron chi connectivity index (χ1n) is 12.9. The molecule has 0 aliphatic carbocycles. The summed E-state index contributed by atoms with van der Waals surface area (Å²) in [6, 6.07) is 6.50. The van der Waals surface area contributed by atoms with E-state index in [0.717, 1.165) is 31.6 Å². The Morgan fingerprint density at radius 2 is 1.89 bits per heavy atom. The SMILES string of the molecule is CCCNC(=O)[C@@H]1[C@H]2C(=O)N([C@H](C)CO)C(C(=O)Nc3ccc(N(CC)CC)cc3)C23CC[C@H]1S3. The highest BCUT2D eigenvalue weighted by atomic mass is 32.2. The normalized spacial score (nSPS) is 29.7. The van der Waals surface area contributed by atoms with Gasteiger partial charge in [0, 0.05) is 36.3 Å². The Morgan fingerprint density at radius 3 is 2.49 bits per heavy atom. The summed E-state index contributed by atoms with van der Waals surface area (Å²) in [6.07, 6.45) is 2.35. The van der Waals surface area contributed by atoms with Crippen LogP contribution in [0.5, 0.6) is 0 Å². The number of aliphatic hydroxyl groups excluding tert-OH is 1. The lowest BCUT2D eigenvalue weighted by Gasteiger charge is -2.36. The molecule has 2 bridgehead atoms. The number of hydrogen-bond acceptors (Lipinski definition) is 6. The number of benzene rings is 1. The molecule has 8 nitrogen and oxygen atoms in total. The lowest BCUT2D eigenvalue weighted by atomic mass is 9.70. The summed E-state index contributed by atoms with van der Waals surface area (Å²) in [5.41, 5.74) is 1.76. The molecule has 3 amide bonds. The number of thioether (sulfide) groups is 1. The Hall–Kier alpha value is -2.26. The van der Waals surface area contributed by atoms with Crippen LogP contribution in [-0.2, 0) is 14.4 Å². The summed E-state index contributed by atoms with van der Waals surface area (Å²) in [7, 11) is 0. The van der Waals surface area contributed by atoms with Gasteiger partial charge in [0.15, 0.2) is 0 Å². The van der Waals surface area contributed by atoms with Crippen LogP contribution in [-0.4, -0.2) is 76.0 Å². The second-order valence-corrected chi connectivity index (χ2v) is 11.4. The molecule has 192 valence electrons. The van der Waals surface area contributed by atoms with Gasteiger partial charge in [-0.3, -0.25) is 14.4 Å². The summed E-state index contributed by atoms with van der Waals surface area (Å²) < 4.78 is -0.648. The van der Waals surface area contributed by atoms with Crippen molar-refractivity contribution in [1.82, 2.24) is 10.2 Å². The molecule has 1 aromatic carbocycles. The smallest absolute Gasteiger partial charge is 0.248 e. The predicted octanol–water partition coefficient (Wildman–Crippen LogP) is 2.47. The van der Waals surface area contributed by atoms with Gasteiger partial charge in [-0.1, -0.05) is 6.92 Å². The van der Waals surface area contributed by atoms with Crippen molar-refractivity contribution in [2.45, 2.75) is 69.0 Å². The van der Waals surface area contributed by atoms with Gasteiger partial charge >= 0.3 is 0 Å². The Balaban J connectivity index is 1.62. The molecule has 1 spiro atoms. The Bertz CT molecular complexity index is 953. The van der Waals surface area contributed by atoms with E-state index in [1.165, 1.54) is 0 Å². The predicted molar refractivity (Wildman–Crippen MR) is 139 cm³/mol. The maximum Gasteiger partial charge on any atom is 0.248 e. The van der Waals surface area contributed by atoms with Crippen LogP contribution in [0.4, 0.5) is 11.4 Å². The zero-order valence-corrected chi connectivity index (χ0v) is 21.9. The number of carbonyl (C=O) groups is 3. The quantitative estimate of drug-likeness (QED) is 0.454. The lowest BCUT2D eigenvalue weighted by molar-refractivity contribution is -0.141. The summed E-state index contributed by atoms with van der Waals surface area (Å²) in [6.45, 7) is 10.1. The molecule has 3 fully saturated rings. The topological polar surface area (TPSA) is 102 Å². The van der Waals surface area contributed by atoms with Gasteiger partial charge in [-0.25, -0.2) is 0 Å². The second kappa shape index (κ2) is 10.4. The molecular formula is C26H38N4O4S. The molecule has 2 unspecified atom stereocenters. The fraction of sp³-hybridized carbons (Fsp3) is 0.654. The van der Waals surface area contributed by atoms with Crippen LogP contribution in [0, 0.1) is 11.8 Å². The molecule has 0 saturated carbocycles. The number of nitrogens with one attached hydrogen (secondary N) is 2. The zero-order valence-electron chi connectivity index (χ0n) is 21.1. The number of hydrogen-bond donors (Lipinski definition) is 3. The standard InChI is InChI=1S/C26H38N4O4S/c1-5-14-27-23(32)20-19-12-13-26(35-19)21(20)25(34)30(16(4)15-31)22(26)24(33)28-17-8-10-18(11-9-17)29(6-2)7-3/h8-11,16,19-22,31H,5-7,12-15H2,1-4H3,(H,27,32)(H,28,33)/t16-,19-,20+,21+,22?,26?/m1/s1. The molecule has 3 aliphatic rings. The highest BCUT2D eigenvalue weighted by molar-refractivity contribution is 8.02.